The third-order valence-corrected chi connectivity index (χ3v) is 5.58. The number of benzene rings is 3. The van der Waals surface area contributed by atoms with Crippen molar-refractivity contribution in [2.24, 2.45) is 0 Å². The number of halogens is 3. The first-order valence-corrected chi connectivity index (χ1v) is 11.1. The van der Waals surface area contributed by atoms with Gasteiger partial charge >= 0.3 is 0 Å². The number of nitrogens with one attached hydrogen (secondary N) is 2. The summed E-state index contributed by atoms with van der Waals surface area (Å²) in [6, 6.07) is 18.4. The Morgan fingerprint density at radius 1 is 0.935 bits per heavy atom. The molecule has 0 unspecified atom stereocenters. The molecule has 0 radical (unpaired) electrons. The molecule has 8 heteroatoms. The standard InChI is InChI=1S/C23H21BrCl2N2O3/c1-2-30-18-7-4-16(5-8-18)27-13-15-3-10-22(19(24)11-15)31-14-23(29)28-17-6-9-20(25)21(26)12-17/h3-12,27H,2,13-14H2,1H3,(H,28,29). The van der Waals surface area contributed by atoms with E-state index in [-0.39, 0.29) is 12.5 Å². The summed E-state index contributed by atoms with van der Waals surface area (Å²) < 4.78 is 11.8. The van der Waals surface area contributed by atoms with Gasteiger partial charge < -0.3 is 20.1 Å². The molecule has 5 nitrogen and oxygen atoms in total. The molecular formula is C23H21BrCl2N2O3. The van der Waals surface area contributed by atoms with E-state index in [0.29, 0.717) is 34.6 Å². The summed E-state index contributed by atoms with van der Waals surface area (Å²) in [4.78, 5) is 12.1. The molecule has 0 bridgehead atoms. The minimum Gasteiger partial charge on any atom is -0.494 e. The maximum atomic E-state index is 12.1. The van der Waals surface area contributed by atoms with Crippen molar-refractivity contribution in [1.29, 1.82) is 0 Å². The van der Waals surface area contributed by atoms with Crippen molar-refractivity contribution in [2.45, 2.75) is 13.5 Å². The Kier molecular flexibility index (Phi) is 8.46. The van der Waals surface area contributed by atoms with E-state index < -0.39 is 0 Å². The summed E-state index contributed by atoms with van der Waals surface area (Å²) in [6.07, 6.45) is 0. The van der Waals surface area contributed by atoms with Crippen LogP contribution in [0.5, 0.6) is 11.5 Å². The van der Waals surface area contributed by atoms with Crippen LogP contribution in [0, 0.1) is 0 Å². The van der Waals surface area contributed by atoms with E-state index in [0.717, 1.165) is 21.5 Å². The Bertz CT molecular complexity index is 1050. The van der Waals surface area contributed by atoms with Crippen LogP contribution >= 0.6 is 39.1 Å². The maximum Gasteiger partial charge on any atom is 0.262 e. The van der Waals surface area contributed by atoms with E-state index in [2.05, 4.69) is 26.6 Å². The first-order valence-electron chi connectivity index (χ1n) is 9.57. The van der Waals surface area contributed by atoms with E-state index >= 15 is 0 Å². The lowest BCUT2D eigenvalue weighted by Gasteiger charge is -2.12. The summed E-state index contributed by atoms with van der Waals surface area (Å²) in [5, 5.41) is 6.88. The summed E-state index contributed by atoms with van der Waals surface area (Å²) in [5.41, 5.74) is 2.62. The van der Waals surface area contributed by atoms with Crippen molar-refractivity contribution in [3.63, 3.8) is 0 Å². The molecule has 0 heterocycles. The van der Waals surface area contributed by atoms with Crippen LogP contribution in [0.1, 0.15) is 12.5 Å². The molecule has 0 spiro atoms. The first-order chi connectivity index (χ1) is 14.9. The predicted molar refractivity (Wildman–Crippen MR) is 130 cm³/mol. The van der Waals surface area contributed by atoms with Crippen molar-refractivity contribution in [1.82, 2.24) is 0 Å². The molecule has 3 aromatic rings. The molecule has 3 aromatic carbocycles. The van der Waals surface area contributed by atoms with Gasteiger partial charge in [0.05, 0.1) is 21.1 Å². The molecule has 3 rings (SSSR count). The first kappa shape index (κ1) is 23.3. The molecule has 162 valence electrons. The van der Waals surface area contributed by atoms with Crippen LogP contribution in [0.3, 0.4) is 0 Å². The number of anilines is 2. The minimum absolute atomic E-state index is 0.136. The molecule has 2 N–H and O–H groups in total. The molecule has 0 aliphatic rings. The molecule has 0 aliphatic heterocycles. The fourth-order valence-corrected chi connectivity index (χ4v) is 3.56. The van der Waals surface area contributed by atoms with E-state index in [4.69, 9.17) is 32.7 Å². The lowest BCUT2D eigenvalue weighted by atomic mass is 10.2. The largest absolute Gasteiger partial charge is 0.494 e. The number of rotatable bonds is 9. The average Bonchev–Trinajstić information content (AvgIpc) is 2.75. The smallest absolute Gasteiger partial charge is 0.262 e. The van der Waals surface area contributed by atoms with Crippen molar-refractivity contribution in [3.05, 3.63) is 80.7 Å². The van der Waals surface area contributed by atoms with Crippen LogP contribution in [0.25, 0.3) is 0 Å². The molecule has 1 amide bonds. The summed E-state index contributed by atoms with van der Waals surface area (Å²) in [7, 11) is 0. The van der Waals surface area contributed by atoms with E-state index in [1.54, 1.807) is 18.2 Å². The molecule has 0 saturated carbocycles. The molecule has 0 fully saturated rings. The summed E-state index contributed by atoms with van der Waals surface area (Å²) in [5.74, 6) is 1.13. The van der Waals surface area contributed by atoms with Gasteiger partial charge in [-0.1, -0.05) is 29.3 Å². The maximum absolute atomic E-state index is 12.1. The second kappa shape index (κ2) is 11.3. The van der Waals surface area contributed by atoms with E-state index in [1.165, 1.54) is 0 Å². The third kappa shape index (κ3) is 7.06. The number of hydrogen-bond donors (Lipinski definition) is 2. The van der Waals surface area contributed by atoms with Gasteiger partial charge in [0.1, 0.15) is 11.5 Å². The highest BCUT2D eigenvalue weighted by Crippen LogP contribution is 2.27. The van der Waals surface area contributed by atoms with Gasteiger partial charge in [-0.05, 0) is 83.0 Å². The Morgan fingerprint density at radius 3 is 2.35 bits per heavy atom. The average molecular weight is 524 g/mol. The van der Waals surface area contributed by atoms with E-state index in [1.807, 2.05) is 49.4 Å². The van der Waals surface area contributed by atoms with Gasteiger partial charge in [-0.15, -0.1) is 0 Å². The number of ether oxygens (including phenoxy) is 2. The van der Waals surface area contributed by atoms with Gasteiger partial charge in [0.2, 0.25) is 0 Å². The van der Waals surface area contributed by atoms with Crippen LogP contribution < -0.4 is 20.1 Å². The minimum atomic E-state index is -0.300. The normalized spacial score (nSPS) is 10.5. The molecular weight excluding hydrogens is 503 g/mol. The van der Waals surface area contributed by atoms with Gasteiger partial charge in [0.25, 0.3) is 5.91 Å². The van der Waals surface area contributed by atoms with Crippen molar-refractivity contribution in [2.75, 3.05) is 23.8 Å². The highest BCUT2D eigenvalue weighted by Gasteiger charge is 2.08. The summed E-state index contributed by atoms with van der Waals surface area (Å²) in [6.45, 7) is 3.11. The highest BCUT2D eigenvalue weighted by molar-refractivity contribution is 9.10. The van der Waals surface area contributed by atoms with Crippen molar-refractivity contribution >= 4 is 56.4 Å². The monoisotopic (exact) mass is 522 g/mol. The van der Waals surface area contributed by atoms with Crippen molar-refractivity contribution in [3.8, 4) is 11.5 Å². The van der Waals surface area contributed by atoms with Gasteiger partial charge in [0.15, 0.2) is 6.61 Å². The molecule has 0 aliphatic carbocycles. The zero-order valence-electron chi connectivity index (χ0n) is 16.8. The lowest BCUT2D eigenvalue weighted by Crippen LogP contribution is -2.20. The zero-order chi connectivity index (χ0) is 22.2. The quantitative estimate of drug-likeness (QED) is 0.324. The summed E-state index contributed by atoms with van der Waals surface area (Å²) >= 11 is 15.3. The third-order valence-electron chi connectivity index (χ3n) is 4.22. The Balaban J connectivity index is 1.50. The van der Waals surface area contributed by atoms with Crippen LogP contribution in [0.15, 0.2) is 65.1 Å². The predicted octanol–water partition coefficient (Wildman–Crippen LogP) is 6.78. The highest BCUT2D eigenvalue weighted by atomic mass is 79.9. The number of carbonyl (C=O) groups is 1. The van der Waals surface area contributed by atoms with Crippen LogP contribution in [0.4, 0.5) is 11.4 Å². The second-order valence-electron chi connectivity index (χ2n) is 6.54. The fourth-order valence-electron chi connectivity index (χ4n) is 2.73. The Morgan fingerprint density at radius 2 is 1.68 bits per heavy atom. The van der Waals surface area contributed by atoms with Crippen molar-refractivity contribution < 1.29 is 14.3 Å². The fraction of sp³-hybridized carbons (Fsp3) is 0.174. The molecule has 31 heavy (non-hydrogen) atoms. The Labute approximate surface area is 199 Å². The van der Waals surface area contributed by atoms with Crippen LogP contribution in [0.2, 0.25) is 10.0 Å². The van der Waals surface area contributed by atoms with Gasteiger partial charge in [-0.2, -0.15) is 0 Å². The van der Waals surface area contributed by atoms with Crippen LogP contribution in [-0.2, 0) is 11.3 Å². The SMILES string of the molecule is CCOc1ccc(NCc2ccc(OCC(=O)Nc3ccc(Cl)c(Cl)c3)c(Br)c2)cc1. The van der Waals surface area contributed by atoms with E-state index in [9.17, 15) is 4.79 Å². The van der Waals surface area contributed by atoms with Crippen LogP contribution in [-0.4, -0.2) is 19.1 Å². The number of carbonyl (C=O) groups excluding carboxylic acids is 1. The number of hydrogen-bond acceptors (Lipinski definition) is 4. The topological polar surface area (TPSA) is 59.6 Å². The van der Waals surface area contributed by atoms with Gasteiger partial charge in [-0.3, -0.25) is 4.79 Å². The Hall–Kier alpha value is -2.41. The number of amides is 1. The lowest BCUT2D eigenvalue weighted by molar-refractivity contribution is -0.118. The molecule has 0 atom stereocenters. The molecule has 0 saturated heterocycles. The van der Waals surface area contributed by atoms with Gasteiger partial charge in [-0.25, -0.2) is 0 Å². The zero-order valence-corrected chi connectivity index (χ0v) is 19.9. The van der Waals surface area contributed by atoms with Gasteiger partial charge in [0, 0.05) is 17.9 Å². The second-order valence-corrected chi connectivity index (χ2v) is 8.21. The molecule has 0 aromatic heterocycles.